The summed E-state index contributed by atoms with van der Waals surface area (Å²) in [5.74, 6) is -0.331. The molecule has 3 rings (SSSR count). The maximum Gasteiger partial charge on any atom is 0.147 e. The number of benzene rings is 2. The van der Waals surface area contributed by atoms with Crippen LogP contribution in [0.25, 0.3) is 10.4 Å². The van der Waals surface area contributed by atoms with Crippen LogP contribution in [-0.4, -0.2) is 0 Å². The summed E-state index contributed by atoms with van der Waals surface area (Å²) in [5.41, 5.74) is 1.67. The molecule has 1 N–H and O–H groups in total. The predicted molar refractivity (Wildman–Crippen MR) is 88.5 cm³/mol. The van der Waals surface area contributed by atoms with Crippen LogP contribution >= 0.6 is 22.9 Å². The molecule has 0 atom stereocenters. The van der Waals surface area contributed by atoms with E-state index in [0.717, 1.165) is 4.88 Å². The van der Waals surface area contributed by atoms with Crippen molar-refractivity contribution in [2.75, 3.05) is 5.32 Å². The highest BCUT2D eigenvalue weighted by Gasteiger charge is 2.05. The van der Waals surface area contributed by atoms with Crippen molar-refractivity contribution in [3.05, 3.63) is 76.4 Å². The molecular formula is C17H13ClFNS. The number of nitrogens with one attached hydrogen (secondary N) is 1. The number of hydrogen-bond donors (Lipinski definition) is 1. The van der Waals surface area contributed by atoms with Gasteiger partial charge in [0.15, 0.2) is 0 Å². The third-order valence-electron chi connectivity index (χ3n) is 3.10. The predicted octanol–water partition coefficient (Wildman–Crippen LogP) is 5.82. The number of anilines is 1. The van der Waals surface area contributed by atoms with Gasteiger partial charge >= 0.3 is 0 Å². The summed E-state index contributed by atoms with van der Waals surface area (Å²) in [4.78, 5) is 2.37. The zero-order valence-corrected chi connectivity index (χ0v) is 12.7. The molecule has 0 saturated carbocycles. The van der Waals surface area contributed by atoms with E-state index in [1.165, 1.54) is 16.5 Å². The molecule has 21 heavy (non-hydrogen) atoms. The zero-order chi connectivity index (χ0) is 14.7. The van der Waals surface area contributed by atoms with Crippen molar-refractivity contribution in [2.45, 2.75) is 6.54 Å². The highest BCUT2D eigenvalue weighted by molar-refractivity contribution is 7.15. The molecule has 4 heteroatoms. The molecule has 0 spiro atoms. The van der Waals surface area contributed by atoms with Crippen LogP contribution in [0.2, 0.25) is 5.02 Å². The molecule has 0 radical (unpaired) electrons. The molecule has 0 aliphatic rings. The van der Waals surface area contributed by atoms with Crippen LogP contribution < -0.4 is 5.32 Å². The first-order valence-corrected chi connectivity index (χ1v) is 7.75. The van der Waals surface area contributed by atoms with E-state index in [2.05, 4.69) is 29.6 Å². The van der Waals surface area contributed by atoms with Crippen molar-refractivity contribution in [1.82, 2.24) is 0 Å². The van der Waals surface area contributed by atoms with Gasteiger partial charge in [0.05, 0.1) is 5.69 Å². The third-order valence-corrected chi connectivity index (χ3v) is 4.47. The first-order valence-electron chi connectivity index (χ1n) is 6.55. The van der Waals surface area contributed by atoms with Gasteiger partial charge in [0, 0.05) is 21.3 Å². The minimum atomic E-state index is -0.331. The van der Waals surface area contributed by atoms with Gasteiger partial charge in [0.25, 0.3) is 0 Å². The standard InChI is InChI=1S/C17H13ClFNS/c18-13-6-8-16(15(19)10-13)20-11-14-7-9-17(21-14)12-4-2-1-3-5-12/h1-10,20H,11H2. The Hall–Kier alpha value is -1.84. The summed E-state index contributed by atoms with van der Waals surface area (Å²) in [6.45, 7) is 0.593. The highest BCUT2D eigenvalue weighted by Crippen LogP contribution is 2.28. The number of rotatable bonds is 4. The molecule has 1 heterocycles. The van der Waals surface area contributed by atoms with Gasteiger partial charge in [-0.2, -0.15) is 0 Å². The van der Waals surface area contributed by atoms with Gasteiger partial charge in [-0.1, -0.05) is 41.9 Å². The number of halogens is 2. The van der Waals surface area contributed by atoms with Crippen LogP contribution in [0, 0.1) is 5.82 Å². The topological polar surface area (TPSA) is 12.0 Å². The number of hydrogen-bond acceptors (Lipinski definition) is 2. The molecule has 1 nitrogen and oxygen atoms in total. The molecule has 1 aromatic heterocycles. The third kappa shape index (κ3) is 3.43. The van der Waals surface area contributed by atoms with Crippen LogP contribution in [0.15, 0.2) is 60.7 Å². The van der Waals surface area contributed by atoms with Crippen molar-refractivity contribution in [1.29, 1.82) is 0 Å². The van der Waals surface area contributed by atoms with Crippen molar-refractivity contribution in [3.8, 4) is 10.4 Å². The maximum absolute atomic E-state index is 13.7. The van der Waals surface area contributed by atoms with Crippen LogP contribution in [0.3, 0.4) is 0 Å². The van der Waals surface area contributed by atoms with E-state index >= 15 is 0 Å². The second kappa shape index (κ2) is 6.29. The largest absolute Gasteiger partial charge is 0.378 e. The molecule has 0 fully saturated rings. The van der Waals surface area contributed by atoms with Crippen LogP contribution in [0.4, 0.5) is 10.1 Å². The summed E-state index contributed by atoms with van der Waals surface area (Å²) in [6, 6.07) is 19.0. The van der Waals surface area contributed by atoms with Gasteiger partial charge in [-0.25, -0.2) is 4.39 Å². The van der Waals surface area contributed by atoms with Gasteiger partial charge in [-0.3, -0.25) is 0 Å². The molecular weight excluding hydrogens is 305 g/mol. The van der Waals surface area contributed by atoms with Gasteiger partial charge < -0.3 is 5.32 Å². The molecule has 2 aromatic carbocycles. The molecule has 0 unspecified atom stereocenters. The summed E-state index contributed by atoms with van der Waals surface area (Å²) in [6.07, 6.45) is 0. The summed E-state index contributed by atoms with van der Waals surface area (Å²) >= 11 is 7.44. The van der Waals surface area contributed by atoms with E-state index in [4.69, 9.17) is 11.6 Å². The van der Waals surface area contributed by atoms with Crippen molar-refractivity contribution >= 4 is 28.6 Å². The Balaban J connectivity index is 1.70. The molecule has 0 aliphatic heterocycles. The van der Waals surface area contributed by atoms with Gasteiger partial charge in [-0.15, -0.1) is 11.3 Å². The monoisotopic (exact) mass is 317 g/mol. The quantitative estimate of drug-likeness (QED) is 0.639. The van der Waals surface area contributed by atoms with E-state index in [9.17, 15) is 4.39 Å². The second-order valence-corrected chi connectivity index (χ2v) is 6.21. The summed E-state index contributed by atoms with van der Waals surface area (Å²) in [5, 5.41) is 3.50. The Morgan fingerprint density at radius 1 is 1.00 bits per heavy atom. The fraction of sp³-hybridized carbons (Fsp3) is 0.0588. The minimum Gasteiger partial charge on any atom is -0.378 e. The fourth-order valence-corrected chi connectivity index (χ4v) is 3.16. The fourth-order valence-electron chi connectivity index (χ4n) is 2.05. The Bertz CT molecular complexity index is 740. The van der Waals surface area contributed by atoms with E-state index in [1.807, 2.05) is 18.2 Å². The normalized spacial score (nSPS) is 10.6. The number of thiophene rings is 1. The molecule has 0 amide bonds. The molecule has 106 valence electrons. The second-order valence-electron chi connectivity index (χ2n) is 4.61. The molecule has 0 bridgehead atoms. The smallest absolute Gasteiger partial charge is 0.147 e. The SMILES string of the molecule is Fc1cc(Cl)ccc1NCc1ccc(-c2ccccc2)s1. The van der Waals surface area contributed by atoms with Crippen molar-refractivity contribution in [2.24, 2.45) is 0 Å². The van der Waals surface area contributed by atoms with Crippen molar-refractivity contribution < 1.29 is 4.39 Å². The average Bonchev–Trinajstić information content (AvgIpc) is 2.96. The lowest BCUT2D eigenvalue weighted by Gasteiger charge is -2.06. The van der Waals surface area contributed by atoms with E-state index in [1.54, 1.807) is 23.5 Å². The molecule has 0 aliphatic carbocycles. The lowest BCUT2D eigenvalue weighted by Crippen LogP contribution is -1.99. The van der Waals surface area contributed by atoms with E-state index in [-0.39, 0.29) is 5.82 Å². The van der Waals surface area contributed by atoms with E-state index in [0.29, 0.717) is 17.3 Å². The van der Waals surface area contributed by atoms with Crippen LogP contribution in [-0.2, 0) is 6.54 Å². The van der Waals surface area contributed by atoms with Gasteiger partial charge in [0.2, 0.25) is 0 Å². The molecule has 0 saturated heterocycles. The van der Waals surface area contributed by atoms with E-state index < -0.39 is 0 Å². The van der Waals surface area contributed by atoms with Gasteiger partial charge in [0.1, 0.15) is 5.82 Å². The summed E-state index contributed by atoms with van der Waals surface area (Å²) in [7, 11) is 0. The Morgan fingerprint density at radius 2 is 1.81 bits per heavy atom. The Morgan fingerprint density at radius 3 is 2.57 bits per heavy atom. The Labute approximate surface area is 132 Å². The maximum atomic E-state index is 13.7. The zero-order valence-electron chi connectivity index (χ0n) is 11.1. The van der Waals surface area contributed by atoms with Crippen molar-refractivity contribution in [3.63, 3.8) is 0 Å². The average molecular weight is 318 g/mol. The minimum absolute atomic E-state index is 0.331. The highest BCUT2D eigenvalue weighted by atomic mass is 35.5. The lowest BCUT2D eigenvalue weighted by atomic mass is 10.2. The van der Waals surface area contributed by atoms with Crippen LogP contribution in [0.5, 0.6) is 0 Å². The first kappa shape index (κ1) is 14.1. The van der Waals surface area contributed by atoms with Crippen LogP contribution in [0.1, 0.15) is 4.88 Å². The molecule has 3 aromatic rings. The summed E-state index contributed by atoms with van der Waals surface area (Å²) < 4.78 is 13.7. The first-order chi connectivity index (χ1) is 10.2. The lowest BCUT2D eigenvalue weighted by molar-refractivity contribution is 0.630. The van der Waals surface area contributed by atoms with Gasteiger partial charge in [-0.05, 0) is 35.9 Å². The Kier molecular flexibility index (Phi) is 4.23.